The van der Waals surface area contributed by atoms with E-state index in [2.05, 4.69) is 47.2 Å². The van der Waals surface area contributed by atoms with Gasteiger partial charge in [0.25, 0.3) is 5.91 Å². The first-order valence-corrected chi connectivity index (χ1v) is 9.53. The van der Waals surface area contributed by atoms with Crippen LogP contribution < -0.4 is 10.2 Å². The highest BCUT2D eigenvalue weighted by atomic mass is 16.2. The smallest absolute Gasteiger partial charge is 0.256 e. The predicted molar refractivity (Wildman–Crippen MR) is 109 cm³/mol. The van der Waals surface area contributed by atoms with Crippen molar-refractivity contribution >= 4 is 28.2 Å². The molecule has 1 fully saturated rings. The number of benzene rings is 2. The fourth-order valence-corrected chi connectivity index (χ4v) is 4.36. The lowest BCUT2D eigenvalue weighted by Crippen LogP contribution is -2.45. The molecular formula is C22H23N4O. The molecule has 5 nitrogen and oxygen atoms in total. The molecule has 0 spiro atoms. The monoisotopic (exact) mass is 359 g/mol. The number of carbonyl (C=O) groups is 1. The molecule has 1 N–H and O–H groups in total. The van der Waals surface area contributed by atoms with Crippen LogP contribution >= 0.6 is 0 Å². The summed E-state index contributed by atoms with van der Waals surface area (Å²) >= 11 is 0. The van der Waals surface area contributed by atoms with Crippen molar-refractivity contribution in [2.24, 2.45) is 7.05 Å². The lowest BCUT2D eigenvalue weighted by atomic mass is 10.0. The van der Waals surface area contributed by atoms with Gasteiger partial charge in [-0.2, -0.15) is 0 Å². The van der Waals surface area contributed by atoms with Gasteiger partial charge in [-0.15, -0.1) is 0 Å². The van der Waals surface area contributed by atoms with Gasteiger partial charge < -0.3 is 19.7 Å². The highest BCUT2D eigenvalue weighted by molar-refractivity contribution is 6.07. The van der Waals surface area contributed by atoms with Crippen molar-refractivity contribution in [3.05, 3.63) is 67.0 Å². The zero-order valence-corrected chi connectivity index (χ0v) is 15.4. The van der Waals surface area contributed by atoms with Gasteiger partial charge in [0.1, 0.15) is 6.67 Å². The number of aromatic nitrogens is 1. The van der Waals surface area contributed by atoms with E-state index in [-0.39, 0.29) is 5.91 Å². The van der Waals surface area contributed by atoms with Crippen molar-refractivity contribution in [3.8, 4) is 0 Å². The van der Waals surface area contributed by atoms with Crippen molar-refractivity contribution in [2.45, 2.75) is 18.9 Å². The van der Waals surface area contributed by atoms with Crippen molar-refractivity contribution in [1.29, 1.82) is 0 Å². The van der Waals surface area contributed by atoms with Crippen LogP contribution in [0.5, 0.6) is 0 Å². The van der Waals surface area contributed by atoms with Gasteiger partial charge in [-0.1, -0.05) is 30.3 Å². The number of hydrogen-bond acceptors (Lipinski definition) is 3. The Balaban J connectivity index is 1.31. The maximum absolute atomic E-state index is 13.1. The maximum Gasteiger partial charge on any atom is 0.256 e. The molecule has 3 heterocycles. The first-order valence-electron chi connectivity index (χ1n) is 9.53. The number of piperidine rings is 1. The number of nitrogens with zero attached hydrogens (tertiary/aromatic N) is 3. The summed E-state index contributed by atoms with van der Waals surface area (Å²) in [6.45, 7) is 3.65. The van der Waals surface area contributed by atoms with Crippen LogP contribution in [-0.2, 0) is 7.05 Å². The van der Waals surface area contributed by atoms with E-state index >= 15 is 0 Å². The maximum atomic E-state index is 13.1. The Labute approximate surface area is 159 Å². The first-order chi connectivity index (χ1) is 13.2. The summed E-state index contributed by atoms with van der Waals surface area (Å²) < 4.78 is 2.04. The average molecular weight is 359 g/mol. The molecule has 1 radical (unpaired) electrons. The van der Waals surface area contributed by atoms with Gasteiger partial charge in [0.2, 0.25) is 0 Å². The topological polar surface area (TPSA) is 40.5 Å². The molecule has 27 heavy (non-hydrogen) atoms. The van der Waals surface area contributed by atoms with Gasteiger partial charge in [-0.3, -0.25) is 4.79 Å². The lowest BCUT2D eigenvalue weighted by molar-refractivity contribution is 0.0715. The van der Waals surface area contributed by atoms with E-state index in [0.717, 1.165) is 48.1 Å². The molecule has 0 saturated carbocycles. The number of amides is 1. The number of aryl methyl sites for hydroxylation is 1. The van der Waals surface area contributed by atoms with E-state index in [9.17, 15) is 4.79 Å². The van der Waals surface area contributed by atoms with Crippen molar-refractivity contribution < 1.29 is 4.79 Å². The predicted octanol–water partition coefficient (Wildman–Crippen LogP) is 3.83. The lowest BCUT2D eigenvalue weighted by Gasteiger charge is -2.37. The molecule has 5 rings (SSSR count). The van der Waals surface area contributed by atoms with Crippen LogP contribution in [0.15, 0.2) is 54.7 Å². The summed E-state index contributed by atoms with van der Waals surface area (Å²) in [4.78, 5) is 17.5. The zero-order valence-electron chi connectivity index (χ0n) is 15.4. The first kappa shape index (κ1) is 16.2. The highest BCUT2D eigenvalue weighted by Crippen LogP contribution is 2.36. The van der Waals surface area contributed by atoms with Gasteiger partial charge in [-0.05, 0) is 31.0 Å². The second-order valence-corrected chi connectivity index (χ2v) is 7.39. The summed E-state index contributed by atoms with van der Waals surface area (Å²) in [6, 6.07) is 16.9. The largest absolute Gasteiger partial charge is 0.360 e. The van der Waals surface area contributed by atoms with Crippen LogP contribution in [0.1, 0.15) is 23.2 Å². The third-order valence-corrected chi connectivity index (χ3v) is 5.81. The van der Waals surface area contributed by atoms with Crippen LogP contribution in [0, 0.1) is 6.67 Å². The number of likely N-dealkylation sites (tertiary alicyclic amines) is 1. The van der Waals surface area contributed by atoms with E-state index in [1.807, 2.05) is 40.9 Å². The molecule has 1 saturated heterocycles. The van der Waals surface area contributed by atoms with E-state index in [1.165, 1.54) is 5.69 Å². The molecule has 0 bridgehead atoms. The molecule has 5 heteroatoms. The Bertz CT molecular complexity index is 1000. The van der Waals surface area contributed by atoms with Gasteiger partial charge in [0.15, 0.2) is 0 Å². The minimum atomic E-state index is 0.147. The summed E-state index contributed by atoms with van der Waals surface area (Å²) in [5.41, 5.74) is 4.31. The van der Waals surface area contributed by atoms with E-state index in [1.54, 1.807) is 0 Å². The molecule has 0 aliphatic carbocycles. The van der Waals surface area contributed by atoms with Crippen molar-refractivity contribution in [2.75, 3.05) is 23.3 Å². The third kappa shape index (κ3) is 2.65. The number of rotatable bonds is 2. The quantitative estimate of drug-likeness (QED) is 0.756. The highest BCUT2D eigenvalue weighted by Gasteiger charge is 2.31. The van der Waals surface area contributed by atoms with E-state index in [0.29, 0.717) is 6.04 Å². The van der Waals surface area contributed by atoms with Gasteiger partial charge in [0, 0.05) is 43.3 Å². The van der Waals surface area contributed by atoms with Crippen LogP contribution in [0.25, 0.3) is 10.9 Å². The number of hydrogen-bond donors (Lipinski definition) is 1. The fraction of sp³-hybridized carbons (Fsp3) is 0.273. The summed E-state index contributed by atoms with van der Waals surface area (Å²) in [5.74, 6) is 0.147. The van der Waals surface area contributed by atoms with Crippen LogP contribution in [0.4, 0.5) is 11.4 Å². The molecule has 2 aliphatic heterocycles. The van der Waals surface area contributed by atoms with Crippen molar-refractivity contribution in [3.63, 3.8) is 0 Å². The molecule has 2 aromatic carbocycles. The number of anilines is 2. The molecule has 137 valence electrons. The Morgan fingerprint density at radius 1 is 1.04 bits per heavy atom. The Kier molecular flexibility index (Phi) is 3.81. The second-order valence-electron chi connectivity index (χ2n) is 7.39. The van der Waals surface area contributed by atoms with Crippen molar-refractivity contribution in [1.82, 2.24) is 9.47 Å². The molecular weight excluding hydrogens is 336 g/mol. The van der Waals surface area contributed by atoms with Crippen LogP contribution in [0.2, 0.25) is 0 Å². The fourth-order valence-electron chi connectivity index (χ4n) is 4.36. The average Bonchev–Trinajstić information content (AvgIpc) is 3.29. The number of para-hydroxylation sites is 3. The number of nitrogens with one attached hydrogen (secondary N) is 1. The standard InChI is InChI=1S/C22H23N4O/c1-24-14-18(17-6-2-4-8-20(17)24)22(27)25-12-10-16(11-13-25)26-15-23-19-7-3-5-9-21(19)26/h2-9,14-16,23H,10-13H2,1H3. The van der Waals surface area contributed by atoms with E-state index in [4.69, 9.17) is 0 Å². The van der Waals surface area contributed by atoms with Gasteiger partial charge >= 0.3 is 0 Å². The Morgan fingerprint density at radius 2 is 1.78 bits per heavy atom. The number of carbonyl (C=O) groups excluding carboxylic acids is 1. The SMILES string of the molecule is Cn1cc(C(=O)N2CCC(N3[CH]Nc4ccccc43)CC2)c2ccccc21. The summed E-state index contributed by atoms with van der Waals surface area (Å²) in [5, 5.41) is 4.39. The summed E-state index contributed by atoms with van der Waals surface area (Å²) in [7, 11) is 2.00. The summed E-state index contributed by atoms with van der Waals surface area (Å²) in [6.07, 6.45) is 3.92. The molecule has 2 aliphatic rings. The van der Waals surface area contributed by atoms with Crippen LogP contribution in [-0.4, -0.2) is 34.5 Å². The minimum absolute atomic E-state index is 0.147. The van der Waals surface area contributed by atoms with Crippen LogP contribution in [0.3, 0.4) is 0 Å². The minimum Gasteiger partial charge on any atom is -0.360 e. The molecule has 1 aromatic heterocycles. The zero-order chi connectivity index (χ0) is 18.4. The van der Waals surface area contributed by atoms with Gasteiger partial charge in [-0.25, -0.2) is 0 Å². The third-order valence-electron chi connectivity index (χ3n) is 5.81. The molecule has 3 aromatic rings. The normalized spacial score (nSPS) is 17.2. The van der Waals surface area contributed by atoms with Gasteiger partial charge in [0.05, 0.1) is 16.9 Å². The Morgan fingerprint density at radius 3 is 2.63 bits per heavy atom. The van der Waals surface area contributed by atoms with E-state index < -0.39 is 0 Å². The second kappa shape index (κ2) is 6.34. The number of fused-ring (bicyclic) bond motifs is 2. The molecule has 1 amide bonds. The molecule has 0 atom stereocenters. The Hall–Kier alpha value is -2.95. The molecule has 0 unspecified atom stereocenters.